The summed E-state index contributed by atoms with van der Waals surface area (Å²) in [5, 5.41) is 18.8. The standard InChI is InChI=1S/C16H21NO4/c1-21-15-7-3-2-5-12(15)6-4-9-17-10-8-13(18)11-14(17)16(19)20/h2-7,13-14,18H,8-11H2,1H3,(H,19,20)/b6-4+/t13-,14+/m1/s1. The topological polar surface area (TPSA) is 70.0 Å². The molecule has 0 spiro atoms. The van der Waals surface area contributed by atoms with Gasteiger partial charge in [0.25, 0.3) is 0 Å². The summed E-state index contributed by atoms with van der Waals surface area (Å²) in [5.41, 5.74) is 0.962. The summed E-state index contributed by atoms with van der Waals surface area (Å²) >= 11 is 0. The average Bonchev–Trinajstić information content (AvgIpc) is 2.49. The van der Waals surface area contributed by atoms with E-state index < -0.39 is 18.1 Å². The number of carboxylic acids is 1. The van der Waals surface area contributed by atoms with Crippen molar-refractivity contribution in [1.29, 1.82) is 0 Å². The zero-order valence-corrected chi connectivity index (χ0v) is 12.1. The summed E-state index contributed by atoms with van der Waals surface area (Å²) in [6, 6.07) is 7.05. The van der Waals surface area contributed by atoms with Gasteiger partial charge in [0.15, 0.2) is 0 Å². The molecule has 0 aromatic heterocycles. The predicted molar refractivity (Wildman–Crippen MR) is 80.3 cm³/mol. The van der Waals surface area contributed by atoms with E-state index in [9.17, 15) is 15.0 Å². The van der Waals surface area contributed by atoms with Crippen LogP contribution >= 0.6 is 0 Å². The number of benzene rings is 1. The fourth-order valence-corrected chi connectivity index (χ4v) is 2.59. The van der Waals surface area contributed by atoms with Crippen molar-refractivity contribution in [1.82, 2.24) is 4.90 Å². The van der Waals surface area contributed by atoms with Gasteiger partial charge in [-0.05, 0) is 18.9 Å². The summed E-state index contributed by atoms with van der Waals surface area (Å²) in [5.74, 6) is -0.0861. The summed E-state index contributed by atoms with van der Waals surface area (Å²) in [7, 11) is 1.62. The molecule has 0 amide bonds. The highest BCUT2D eigenvalue weighted by atomic mass is 16.5. The Labute approximate surface area is 124 Å². The van der Waals surface area contributed by atoms with Crippen molar-refractivity contribution in [2.45, 2.75) is 25.0 Å². The Kier molecular flexibility index (Phi) is 5.36. The molecule has 21 heavy (non-hydrogen) atoms. The number of nitrogens with zero attached hydrogens (tertiary/aromatic N) is 1. The van der Waals surface area contributed by atoms with Gasteiger partial charge in [-0.1, -0.05) is 30.4 Å². The molecule has 1 heterocycles. The van der Waals surface area contributed by atoms with Gasteiger partial charge in [0.1, 0.15) is 11.8 Å². The third-order valence-electron chi connectivity index (χ3n) is 3.75. The molecule has 114 valence electrons. The molecule has 1 aliphatic heterocycles. The molecule has 2 atom stereocenters. The van der Waals surface area contributed by atoms with Crippen molar-refractivity contribution in [2.75, 3.05) is 20.2 Å². The number of carbonyl (C=O) groups is 1. The summed E-state index contributed by atoms with van der Waals surface area (Å²) in [4.78, 5) is 13.1. The molecule has 0 unspecified atom stereocenters. The van der Waals surface area contributed by atoms with Crippen LogP contribution in [0.5, 0.6) is 5.75 Å². The lowest BCUT2D eigenvalue weighted by Gasteiger charge is -2.34. The SMILES string of the molecule is COc1ccccc1/C=C/CN1CC[C@@H](O)C[C@H]1C(=O)O. The number of hydrogen-bond acceptors (Lipinski definition) is 4. The highest BCUT2D eigenvalue weighted by Gasteiger charge is 2.31. The van der Waals surface area contributed by atoms with E-state index >= 15 is 0 Å². The summed E-state index contributed by atoms with van der Waals surface area (Å²) < 4.78 is 5.27. The van der Waals surface area contributed by atoms with Crippen molar-refractivity contribution in [2.24, 2.45) is 0 Å². The van der Waals surface area contributed by atoms with Gasteiger partial charge < -0.3 is 14.9 Å². The Morgan fingerprint density at radius 3 is 2.95 bits per heavy atom. The van der Waals surface area contributed by atoms with Crippen LogP contribution in [0.25, 0.3) is 6.08 Å². The third kappa shape index (κ3) is 4.06. The first-order valence-electron chi connectivity index (χ1n) is 7.06. The van der Waals surface area contributed by atoms with Crippen molar-refractivity contribution in [3.8, 4) is 5.75 Å². The Morgan fingerprint density at radius 1 is 1.48 bits per heavy atom. The molecule has 5 heteroatoms. The highest BCUT2D eigenvalue weighted by molar-refractivity contribution is 5.73. The molecule has 0 radical (unpaired) electrons. The molecule has 1 aromatic rings. The van der Waals surface area contributed by atoms with Crippen LogP contribution in [0, 0.1) is 0 Å². The number of carboxylic acid groups (broad SMARTS) is 1. The van der Waals surface area contributed by atoms with E-state index in [-0.39, 0.29) is 6.42 Å². The minimum atomic E-state index is -0.876. The number of para-hydroxylation sites is 1. The normalized spacial score (nSPS) is 23.3. The molecule has 1 aliphatic rings. The van der Waals surface area contributed by atoms with Gasteiger partial charge in [-0.3, -0.25) is 9.69 Å². The molecule has 0 bridgehead atoms. The number of ether oxygens (including phenoxy) is 1. The fraction of sp³-hybridized carbons (Fsp3) is 0.438. The monoisotopic (exact) mass is 291 g/mol. The Hall–Kier alpha value is -1.85. The van der Waals surface area contributed by atoms with E-state index in [2.05, 4.69) is 0 Å². The van der Waals surface area contributed by atoms with Gasteiger partial charge in [0.2, 0.25) is 0 Å². The summed E-state index contributed by atoms with van der Waals surface area (Å²) in [6.45, 7) is 1.14. The number of aliphatic hydroxyl groups excluding tert-OH is 1. The molecule has 1 fully saturated rings. The van der Waals surface area contributed by atoms with Crippen LogP contribution < -0.4 is 4.74 Å². The predicted octanol–water partition coefficient (Wildman–Crippen LogP) is 1.62. The largest absolute Gasteiger partial charge is 0.496 e. The molecule has 0 saturated carbocycles. The van der Waals surface area contributed by atoms with E-state index in [1.54, 1.807) is 7.11 Å². The van der Waals surface area contributed by atoms with E-state index in [4.69, 9.17) is 4.74 Å². The Morgan fingerprint density at radius 2 is 2.24 bits per heavy atom. The second-order valence-corrected chi connectivity index (χ2v) is 5.17. The maximum Gasteiger partial charge on any atom is 0.321 e. The number of piperidine rings is 1. The van der Waals surface area contributed by atoms with Crippen LogP contribution in [0.3, 0.4) is 0 Å². The third-order valence-corrected chi connectivity index (χ3v) is 3.75. The van der Waals surface area contributed by atoms with E-state index in [0.29, 0.717) is 19.5 Å². The number of rotatable bonds is 5. The van der Waals surface area contributed by atoms with E-state index in [1.165, 1.54) is 0 Å². The van der Waals surface area contributed by atoms with Gasteiger partial charge >= 0.3 is 5.97 Å². The lowest BCUT2D eigenvalue weighted by molar-refractivity contribution is -0.146. The van der Waals surface area contributed by atoms with Gasteiger partial charge in [0.05, 0.1) is 13.2 Å². The fourth-order valence-electron chi connectivity index (χ4n) is 2.59. The van der Waals surface area contributed by atoms with Crippen LogP contribution in [0.2, 0.25) is 0 Å². The number of methoxy groups -OCH3 is 1. The molecule has 5 nitrogen and oxygen atoms in total. The maximum absolute atomic E-state index is 11.2. The van der Waals surface area contributed by atoms with Crippen molar-refractivity contribution >= 4 is 12.0 Å². The Bertz CT molecular complexity index is 515. The van der Waals surface area contributed by atoms with Crippen LogP contribution in [0.4, 0.5) is 0 Å². The van der Waals surface area contributed by atoms with Gasteiger partial charge in [-0.15, -0.1) is 0 Å². The highest BCUT2D eigenvalue weighted by Crippen LogP contribution is 2.20. The van der Waals surface area contributed by atoms with Crippen molar-refractivity contribution in [3.63, 3.8) is 0 Å². The first-order chi connectivity index (χ1) is 10.1. The molecule has 2 N–H and O–H groups in total. The quantitative estimate of drug-likeness (QED) is 0.862. The van der Waals surface area contributed by atoms with E-state index in [0.717, 1.165) is 11.3 Å². The van der Waals surface area contributed by atoms with Crippen LogP contribution in [-0.2, 0) is 4.79 Å². The Balaban J connectivity index is 2.00. The van der Waals surface area contributed by atoms with Crippen molar-refractivity contribution < 1.29 is 19.7 Å². The molecular weight excluding hydrogens is 270 g/mol. The van der Waals surface area contributed by atoms with Crippen molar-refractivity contribution in [3.05, 3.63) is 35.9 Å². The average molecular weight is 291 g/mol. The zero-order valence-electron chi connectivity index (χ0n) is 12.1. The molecular formula is C16H21NO4. The molecule has 2 rings (SSSR count). The van der Waals surface area contributed by atoms with Gasteiger partial charge in [-0.2, -0.15) is 0 Å². The number of hydrogen-bond donors (Lipinski definition) is 2. The smallest absolute Gasteiger partial charge is 0.321 e. The second kappa shape index (κ2) is 7.24. The van der Waals surface area contributed by atoms with E-state index in [1.807, 2.05) is 41.3 Å². The minimum Gasteiger partial charge on any atom is -0.496 e. The van der Waals surface area contributed by atoms with Crippen LogP contribution in [0.1, 0.15) is 18.4 Å². The van der Waals surface area contributed by atoms with Crippen LogP contribution in [-0.4, -0.2) is 53.4 Å². The number of aliphatic carboxylic acids is 1. The number of aliphatic hydroxyl groups is 1. The number of likely N-dealkylation sites (tertiary alicyclic amines) is 1. The minimum absolute atomic E-state index is 0.290. The zero-order chi connectivity index (χ0) is 15.2. The second-order valence-electron chi connectivity index (χ2n) is 5.17. The lowest BCUT2D eigenvalue weighted by Crippen LogP contribution is -2.48. The van der Waals surface area contributed by atoms with Gasteiger partial charge in [0, 0.05) is 18.7 Å². The maximum atomic E-state index is 11.2. The first-order valence-corrected chi connectivity index (χ1v) is 7.06. The molecule has 1 aromatic carbocycles. The molecule has 0 aliphatic carbocycles. The first kappa shape index (κ1) is 15.5. The van der Waals surface area contributed by atoms with Crippen LogP contribution in [0.15, 0.2) is 30.3 Å². The van der Waals surface area contributed by atoms with Gasteiger partial charge in [-0.25, -0.2) is 0 Å². The molecule has 1 saturated heterocycles. The lowest BCUT2D eigenvalue weighted by atomic mass is 9.99. The summed E-state index contributed by atoms with van der Waals surface area (Å²) in [6.07, 6.45) is 4.26.